The van der Waals surface area contributed by atoms with Crippen molar-refractivity contribution in [3.05, 3.63) is 102 Å². The molecule has 42 heavy (non-hydrogen) atoms. The molecule has 6 rings (SSSR count). The van der Waals surface area contributed by atoms with Gasteiger partial charge in [0.2, 0.25) is 5.95 Å². The molecule has 0 atom stereocenters. The zero-order chi connectivity index (χ0) is 29.1. The summed E-state index contributed by atoms with van der Waals surface area (Å²) in [5.41, 5.74) is 6.08. The molecular formula is C32H31N7O3. The van der Waals surface area contributed by atoms with E-state index in [4.69, 9.17) is 9.72 Å². The molecule has 10 heteroatoms. The second-order valence-corrected chi connectivity index (χ2v) is 10.1. The number of ether oxygens (including phenoxy) is 1. The molecule has 0 saturated heterocycles. The van der Waals surface area contributed by atoms with Gasteiger partial charge in [-0.1, -0.05) is 30.3 Å². The number of hydrogen-bond donors (Lipinski definition) is 1. The molecule has 3 aromatic heterocycles. The Morgan fingerprint density at radius 2 is 1.88 bits per heavy atom. The van der Waals surface area contributed by atoms with Gasteiger partial charge in [0.25, 0.3) is 5.91 Å². The number of anilines is 2. The van der Waals surface area contributed by atoms with E-state index >= 15 is 0 Å². The van der Waals surface area contributed by atoms with Crippen molar-refractivity contribution in [2.45, 2.75) is 19.9 Å². The highest BCUT2D eigenvalue weighted by Crippen LogP contribution is 2.27. The van der Waals surface area contributed by atoms with Gasteiger partial charge in [0.1, 0.15) is 0 Å². The molecule has 1 aliphatic rings. The predicted molar refractivity (Wildman–Crippen MR) is 161 cm³/mol. The average molecular weight is 562 g/mol. The second-order valence-electron chi connectivity index (χ2n) is 10.1. The lowest BCUT2D eigenvalue weighted by molar-refractivity contribution is 0.0785. The van der Waals surface area contributed by atoms with Gasteiger partial charge in [-0.25, -0.2) is 9.31 Å². The number of para-hydroxylation sites is 1. The fourth-order valence-electron chi connectivity index (χ4n) is 5.17. The van der Waals surface area contributed by atoms with Gasteiger partial charge >= 0.3 is 6.09 Å². The van der Waals surface area contributed by atoms with Crippen LogP contribution in [0.3, 0.4) is 0 Å². The molecule has 2 amide bonds. The van der Waals surface area contributed by atoms with Crippen molar-refractivity contribution in [2.24, 2.45) is 0 Å². The lowest BCUT2D eigenvalue weighted by atomic mass is 10.0. The first-order valence-corrected chi connectivity index (χ1v) is 13.9. The summed E-state index contributed by atoms with van der Waals surface area (Å²) in [5.74, 6) is 0.374. The van der Waals surface area contributed by atoms with Crippen LogP contribution in [-0.2, 0) is 11.3 Å². The molecule has 0 saturated carbocycles. The quantitative estimate of drug-likeness (QED) is 0.278. The van der Waals surface area contributed by atoms with E-state index in [1.54, 1.807) is 46.6 Å². The molecule has 4 heterocycles. The predicted octanol–water partition coefficient (Wildman–Crippen LogP) is 5.54. The molecule has 10 nitrogen and oxygen atoms in total. The monoisotopic (exact) mass is 561 g/mol. The van der Waals surface area contributed by atoms with Crippen molar-refractivity contribution in [1.29, 1.82) is 0 Å². The first kappa shape index (κ1) is 26.9. The maximum Gasteiger partial charge on any atom is 0.410 e. The van der Waals surface area contributed by atoms with Crippen LogP contribution in [0, 0.1) is 0 Å². The summed E-state index contributed by atoms with van der Waals surface area (Å²) < 4.78 is 6.86. The van der Waals surface area contributed by atoms with E-state index in [9.17, 15) is 9.59 Å². The number of aromatic nitrogens is 4. The Hall–Kier alpha value is -5.25. The average Bonchev–Trinajstić information content (AvgIpc) is 3.44. The molecule has 2 aromatic carbocycles. The van der Waals surface area contributed by atoms with Crippen LogP contribution in [0.15, 0.2) is 85.2 Å². The Morgan fingerprint density at radius 3 is 2.67 bits per heavy atom. The molecule has 0 spiro atoms. The lowest BCUT2D eigenvalue weighted by Crippen LogP contribution is -2.35. The Balaban J connectivity index is 1.14. The molecule has 212 valence electrons. The van der Waals surface area contributed by atoms with Crippen LogP contribution >= 0.6 is 0 Å². The molecule has 1 aliphatic heterocycles. The maximum absolute atomic E-state index is 13.2. The second kappa shape index (κ2) is 11.7. The molecule has 5 aromatic rings. The smallest absolute Gasteiger partial charge is 0.410 e. The summed E-state index contributed by atoms with van der Waals surface area (Å²) >= 11 is 0. The van der Waals surface area contributed by atoms with Crippen LogP contribution in [0.5, 0.6) is 0 Å². The summed E-state index contributed by atoms with van der Waals surface area (Å²) in [5, 5.41) is 8.89. The zero-order valence-electron chi connectivity index (χ0n) is 23.5. The van der Waals surface area contributed by atoms with E-state index < -0.39 is 0 Å². The van der Waals surface area contributed by atoms with Crippen LogP contribution in [0.25, 0.3) is 22.1 Å². The van der Waals surface area contributed by atoms with E-state index in [1.165, 1.54) is 0 Å². The van der Waals surface area contributed by atoms with Crippen LogP contribution in [0.2, 0.25) is 0 Å². The van der Waals surface area contributed by atoms with Crippen LogP contribution in [-0.4, -0.2) is 68.1 Å². The van der Waals surface area contributed by atoms with Gasteiger partial charge < -0.3 is 19.9 Å². The topological polar surface area (TPSA) is 105 Å². The largest absolute Gasteiger partial charge is 0.450 e. The van der Waals surface area contributed by atoms with Crippen LogP contribution in [0.1, 0.15) is 34.8 Å². The van der Waals surface area contributed by atoms with Crippen molar-refractivity contribution >= 4 is 45.8 Å². The molecule has 0 radical (unpaired) electrons. The Labute approximate surface area is 243 Å². The number of amides is 2. The van der Waals surface area contributed by atoms with Crippen molar-refractivity contribution in [3.63, 3.8) is 0 Å². The third-order valence-corrected chi connectivity index (χ3v) is 7.30. The number of carbonyl (C=O) groups excluding carboxylic acids is 2. The van der Waals surface area contributed by atoms with Crippen LogP contribution < -0.4 is 5.32 Å². The van der Waals surface area contributed by atoms with Gasteiger partial charge in [-0.3, -0.25) is 9.78 Å². The third-order valence-electron chi connectivity index (χ3n) is 7.30. The zero-order valence-corrected chi connectivity index (χ0v) is 23.5. The highest BCUT2D eigenvalue weighted by molar-refractivity contribution is 5.94. The van der Waals surface area contributed by atoms with Gasteiger partial charge in [0, 0.05) is 61.3 Å². The number of pyridine rings is 2. The molecule has 1 N–H and O–H groups in total. The minimum absolute atomic E-state index is 0.0766. The normalized spacial score (nSPS) is 13.2. The first-order chi connectivity index (χ1) is 20.5. The number of carbonyl (C=O) groups is 2. The Bertz CT molecular complexity index is 1790. The van der Waals surface area contributed by atoms with Crippen molar-refractivity contribution in [3.8, 4) is 0 Å². The highest BCUT2D eigenvalue weighted by Gasteiger charge is 2.21. The summed E-state index contributed by atoms with van der Waals surface area (Å²) in [4.78, 5) is 37.9. The molecule has 0 unspecified atom stereocenters. The van der Waals surface area contributed by atoms with Crippen molar-refractivity contribution < 1.29 is 14.3 Å². The van der Waals surface area contributed by atoms with E-state index in [0.29, 0.717) is 44.2 Å². The molecule has 0 fully saturated rings. The van der Waals surface area contributed by atoms with E-state index in [0.717, 1.165) is 38.9 Å². The summed E-state index contributed by atoms with van der Waals surface area (Å²) in [6.45, 7) is 3.70. The minimum Gasteiger partial charge on any atom is -0.450 e. The van der Waals surface area contributed by atoms with Crippen LogP contribution in [0.4, 0.5) is 16.4 Å². The Morgan fingerprint density at radius 1 is 1.05 bits per heavy atom. The minimum atomic E-state index is -0.290. The standard InChI is InChI=1S/C32H31N7O3/c1-3-42-32(41)38-19-15-22(16-20-38)27-10-6-18-39-29(27)35-31(36-39)34-26-13-11-24(12-14-26)30(40)37(2)21-25-8-4-7-23-9-5-17-33-28(23)25/h4-15,17-18H,3,16,19-21H2,1-2H3,(H,34,36). The molecule has 0 aliphatic carbocycles. The maximum atomic E-state index is 13.2. The van der Waals surface area contributed by atoms with Gasteiger partial charge in [-0.15, -0.1) is 5.10 Å². The highest BCUT2D eigenvalue weighted by atomic mass is 16.6. The lowest BCUT2D eigenvalue weighted by Gasteiger charge is -2.25. The fourth-order valence-corrected chi connectivity index (χ4v) is 5.17. The SMILES string of the molecule is CCOC(=O)N1CC=C(c2cccn3nc(Nc4ccc(C(=O)N(C)Cc5cccc6cccnc56)cc4)nc23)CC1. The fraction of sp³-hybridized carbons (Fsp3) is 0.219. The number of fused-ring (bicyclic) bond motifs is 2. The number of hydrogen-bond acceptors (Lipinski definition) is 7. The van der Waals surface area contributed by atoms with E-state index in [-0.39, 0.29) is 12.0 Å². The van der Waals surface area contributed by atoms with Gasteiger partial charge in [0.05, 0.1) is 12.1 Å². The van der Waals surface area contributed by atoms with Crippen molar-refractivity contribution in [1.82, 2.24) is 29.4 Å². The summed E-state index contributed by atoms with van der Waals surface area (Å²) in [6, 6.07) is 21.2. The van der Waals surface area contributed by atoms with Gasteiger partial charge in [0.15, 0.2) is 5.65 Å². The van der Waals surface area contributed by atoms with Gasteiger partial charge in [-0.2, -0.15) is 4.98 Å². The van der Waals surface area contributed by atoms with Crippen molar-refractivity contribution in [2.75, 3.05) is 32.1 Å². The number of nitrogens with one attached hydrogen (secondary N) is 1. The van der Waals surface area contributed by atoms with E-state index in [1.807, 2.05) is 66.9 Å². The molecule has 0 bridgehead atoms. The number of nitrogens with zero attached hydrogens (tertiary/aromatic N) is 6. The van der Waals surface area contributed by atoms with Gasteiger partial charge in [-0.05, 0) is 66.9 Å². The first-order valence-electron chi connectivity index (χ1n) is 13.9. The number of benzene rings is 2. The summed E-state index contributed by atoms with van der Waals surface area (Å²) in [6.07, 6.45) is 6.08. The third kappa shape index (κ3) is 5.51. The summed E-state index contributed by atoms with van der Waals surface area (Å²) in [7, 11) is 1.80. The van der Waals surface area contributed by atoms with E-state index in [2.05, 4.69) is 15.4 Å². The number of rotatable bonds is 7. The molecular weight excluding hydrogens is 530 g/mol. The Kier molecular flexibility index (Phi) is 7.50.